The topological polar surface area (TPSA) is 58.6 Å². The van der Waals surface area contributed by atoms with Gasteiger partial charge in [0.2, 0.25) is 11.8 Å². The molecule has 25 heavy (non-hydrogen) atoms. The summed E-state index contributed by atoms with van der Waals surface area (Å²) in [4.78, 5) is 26.2. The Balaban J connectivity index is 1.78. The first-order chi connectivity index (χ1) is 12.0. The molecule has 0 bridgehead atoms. The maximum absolute atomic E-state index is 13.7. The van der Waals surface area contributed by atoms with E-state index in [0.717, 1.165) is 0 Å². The number of carbonyl (C=O) groups is 2. The van der Waals surface area contributed by atoms with Crippen LogP contribution < -0.4 is 15.0 Å². The predicted octanol–water partition coefficient (Wildman–Crippen LogP) is 3.48. The molecule has 0 spiro atoms. The number of benzene rings is 2. The molecule has 0 aromatic heterocycles. The molecule has 7 heteroatoms. The van der Waals surface area contributed by atoms with Gasteiger partial charge in [-0.15, -0.1) is 0 Å². The van der Waals surface area contributed by atoms with Gasteiger partial charge in [-0.3, -0.25) is 9.59 Å². The van der Waals surface area contributed by atoms with Gasteiger partial charge >= 0.3 is 0 Å². The highest BCUT2D eigenvalue weighted by molar-refractivity contribution is 6.31. The molecule has 3 rings (SSSR count). The van der Waals surface area contributed by atoms with Gasteiger partial charge in [-0.05, 0) is 30.3 Å². The Bertz CT molecular complexity index is 828. The molecule has 1 fully saturated rings. The Morgan fingerprint density at radius 1 is 1.32 bits per heavy atom. The third-order valence-corrected chi connectivity index (χ3v) is 4.29. The average molecular weight is 363 g/mol. The fourth-order valence-electron chi connectivity index (χ4n) is 2.79. The van der Waals surface area contributed by atoms with Crippen molar-refractivity contribution in [3.8, 4) is 5.75 Å². The molecule has 130 valence electrons. The van der Waals surface area contributed by atoms with E-state index >= 15 is 0 Å². The number of hydrogen-bond donors (Lipinski definition) is 1. The minimum atomic E-state index is -0.587. The van der Waals surface area contributed by atoms with Crippen LogP contribution >= 0.6 is 11.6 Å². The molecule has 1 saturated heterocycles. The summed E-state index contributed by atoms with van der Waals surface area (Å²) in [6.07, 6.45) is 0.0377. The van der Waals surface area contributed by atoms with E-state index in [-0.39, 0.29) is 24.6 Å². The van der Waals surface area contributed by atoms with Crippen molar-refractivity contribution in [1.29, 1.82) is 0 Å². The number of nitrogens with zero attached hydrogens (tertiary/aromatic N) is 1. The Hall–Kier alpha value is -2.60. The first kappa shape index (κ1) is 17.2. The highest BCUT2D eigenvalue weighted by Crippen LogP contribution is 2.35. The van der Waals surface area contributed by atoms with Crippen molar-refractivity contribution < 1.29 is 18.7 Å². The molecule has 0 aliphatic carbocycles. The Morgan fingerprint density at radius 2 is 2.08 bits per heavy atom. The number of anilines is 2. The van der Waals surface area contributed by atoms with Crippen LogP contribution in [0.1, 0.15) is 6.42 Å². The minimum absolute atomic E-state index is 0.0377. The molecule has 5 nitrogen and oxygen atoms in total. The van der Waals surface area contributed by atoms with E-state index in [1.54, 1.807) is 24.3 Å². The van der Waals surface area contributed by atoms with Crippen LogP contribution in [0.5, 0.6) is 5.75 Å². The van der Waals surface area contributed by atoms with Crippen molar-refractivity contribution >= 4 is 34.8 Å². The van der Waals surface area contributed by atoms with Gasteiger partial charge in [-0.1, -0.05) is 23.7 Å². The summed E-state index contributed by atoms with van der Waals surface area (Å²) in [6.45, 7) is 0.176. The highest BCUT2D eigenvalue weighted by Gasteiger charge is 2.36. The summed E-state index contributed by atoms with van der Waals surface area (Å²) in [5, 5.41) is 3.00. The third-order valence-electron chi connectivity index (χ3n) is 4.06. The second kappa shape index (κ2) is 7.11. The molecular formula is C18H16ClFN2O3. The lowest BCUT2D eigenvalue weighted by molar-refractivity contribution is -0.122. The summed E-state index contributed by atoms with van der Waals surface area (Å²) in [5.41, 5.74) is 0.611. The number of amides is 2. The van der Waals surface area contributed by atoms with Gasteiger partial charge in [-0.25, -0.2) is 4.39 Å². The number of methoxy groups -OCH3 is 1. The zero-order valence-electron chi connectivity index (χ0n) is 13.5. The average Bonchev–Trinajstić information content (AvgIpc) is 2.98. The molecule has 2 aromatic rings. The van der Waals surface area contributed by atoms with E-state index in [1.807, 2.05) is 0 Å². The zero-order valence-corrected chi connectivity index (χ0v) is 14.2. The van der Waals surface area contributed by atoms with Gasteiger partial charge in [0.25, 0.3) is 0 Å². The maximum Gasteiger partial charge on any atom is 0.229 e. The summed E-state index contributed by atoms with van der Waals surface area (Å²) in [5.74, 6) is -1.23. The van der Waals surface area contributed by atoms with Crippen molar-refractivity contribution in [2.75, 3.05) is 23.9 Å². The normalized spacial score (nSPS) is 16.8. The van der Waals surface area contributed by atoms with Gasteiger partial charge in [0.1, 0.15) is 11.6 Å². The monoisotopic (exact) mass is 362 g/mol. The minimum Gasteiger partial charge on any atom is -0.495 e. The SMILES string of the molecule is COc1ccc(Cl)cc1N1CC(C(=O)Nc2ccccc2F)CC1=O. The van der Waals surface area contributed by atoms with Gasteiger partial charge < -0.3 is 15.0 Å². The Morgan fingerprint density at radius 3 is 2.80 bits per heavy atom. The fraction of sp³-hybridized carbons (Fsp3) is 0.222. The molecule has 1 N–H and O–H groups in total. The van der Waals surface area contributed by atoms with Crippen molar-refractivity contribution in [1.82, 2.24) is 0 Å². The van der Waals surface area contributed by atoms with Crippen molar-refractivity contribution in [2.24, 2.45) is 5.92 Å². The molecule has 1 heterocycles. The number of ether oxygens (including phenoxy) is 1. The van der Waals surface area contributed by atoms with E-state index in [0.29, 0.717) is 16.5 Å². The van der Waals surface area contributed by atoms with E-state index in [4.69, 9.17) is 16.3 Å². The first-order valence-electron chi connectivity index (χ1n) is 7.69. The van der Waals surface area contributed by atoms with Crippen LogP contribution in [0.2, 0.25) is 5.02 Å². The zero-order chi connectivity index (χ0) is 18.0. The van der Waals surface area contributed by atoms with E-state index in [9.17, 15) is 14.0 Å². The van der Waals surface area contributed by atoms with Crippen LogP contribution in [-0.2, 0) is 9.59 Å². The van der Waals surface area contributed by atoms with Gasteiger partial charge in [-0.2, -0.15) is 0 Å². The van der Waals surface area contributed by atoms with Gasteiger partial charge in [0.05, 0.1) is 24.4 Å². The van der Waals surface area contributed by atoms with Crippen LogP contribution in [0.15, 0.2) is 42.5 Å². The standard InChI is InChI=1S/C18H16ClFN2O3/c1-25-16-7-6-12(19)9-15(16)22-10-11(8-17(22)23)18(24)21-14-5-3-2-4-13(14)20/h2-7,9,11H,8,10H2,1H3,(H,21,24). The third kappa shape index (κ3) is 3.58. The molecule has 2 aromatic carbocycles. The predicted molar refractivity (Wildman–Crippen MR) is 93.5 cm³/mol. The highest BCUT2D eigenvalue weighted by atomic mass is 35.5. The Kier molecular flexibility index (Phi) is 4.90. The molecule has 1 aliphatic rings. The van der Waals surface area contributed by atoms with Crippen LogP contribution in [0.4, 0.5) is 15.8 Å². The van der Waals surface area contributed by atoms with Crippen LogP contribution in [0.3, 0.4) is 0 Å². The maximum atomic E-state index is 13.7. The number of nitrogens with one attached hydrogen (secondary N) is 1. The van der Waals surface area contributed by atoms with Crippen LogP contribution in [-0.4, -0.2) is 25.5 Å². The number of para-hydroxylation sites is 1. The summed E-state index contributed by atoms with van der Waals surface area (Å²) < 4.78 is 18.9. The van der Waals surface area contributed by atoms with Crippen LogP contribution in [0.25, 0.3) is 0 Å². The largest absolute Gasteiger partial charge is 0.495 e. The van der Waals surface area contributed by atoms with E-state index in [2.05, 4.69) is 5.32 Å². The van der Waals surface area contributed by atoms with Gasteiger partial charge in [0, 0.05) is 18.0 Å². The summed E-state index contributed by atoms with van der Waals surface area (Å²) in [7, 11) is 1.50. The number of hydrogen-bond acceptors (Lipinski definition) is 3. The molecule has 1 unspecified atom stereocenters. The summed E-state index contributed by atoms with van der Waals surface area (Å²) in [6, 6.07) is 10.8. The fourth-order valence-corrected chi connectivity index (χ4v) is 2.95. The summed E-state index contributed by atoms with van der Waals surface area (Å²) >= 11 is 6.01. The lowest BCUT2D eigenvalue weighted by atomic mass is 10.1. The molecule has 1 atom stereocenters. The second-order valence-corrected chi connectivity index (χ2v) is 6.13. The van der Waals surface area contributed by atoms with E-state index < -0.39 is 17.6 Å². The molecule has 0 radical (unpaired) electrons. The lowest BCUT2D eigenvalue weighted by Crippen LogP contribution is -2.28. The number of carbonyl (C=O) groups excluding carboxylic acids is 2. The smallest absolute Gasteiger partial charge is 0.229 e. The molecule has 2 amide bonds. The number of rotatable bonds is 4. The quantitative estimate of drug-likeness (QED) is 0.905. The molecular weight excluding hydrogens is 347 g/mol. The van der Waals surface area contributed by atoms with Crippen molar-refractivity contribution in [3.05, 3.63) is 53.3 Å². The van der Waals surface area contributed by atoms with E-state index in [1.165, 1.54) is 30.2 Å². The van der Waals surface area contributed by atoms with Gasteiger partial charge in [0.15, 0.2) is 0 Å². The van der Waals surface area contributed by atoms with Crippen LogP contribution in [0, 0.1) is 11.7 Å². The number of halogens is 2. The lowest BCUT2D eigenvalue weighted by Gasteiger charge is -2.20. The Labute approximate surface area is 149 Å². The second-order valence-electron chi connectivity index (χ2n) is 5.69. The molecule has 1 aliphatic heterocycles. The molecule has 0 saturated carbocycles. The first-order valence-corrected chi connectivity index (χ1v) is 8.06. The van der Waals surface area contributed by atoms with Crippen molar-refractivity contribution in [3.63, 3.8) is 0 Å². The van der Waals surface area contributed by atoms with Crippen molar-refractivity contribution in [2.45, 2.75) is 6.42 Å².